The molecule has 26 heavy (non-hydrogen) atoms. The monoisotopic (exact) mass is 363 g/mol. The van der Waals surface area contributed by atoms with Crippen LogP contribution >= 0.6 is 0 Å². The van der Waals surface area contributed by atoms with E-state index in [0.29, 0.717) is 19.5 Å². The van der Waals surface area contributed by atoms with Crippen molar-refractivity contribution in [3.05, 3.63) is 29.3 Å². The average molecular weight is 363 g/mol. The van der Waals surface area contributed by atoms with Gasteiger partial charge in [0.1, 0.15) is 5.60 Å². The predicted molar refractivity (Wildman–Crippen MR) is 99.9 cm³/mol. The molecule has 0 radical (unpaired) electrons. The summed E-state index contributed by atoms with van der Waals surface area (Å²) in [7, 11) is 2.11. The first kappa shape index (κ1) is 20.2. The Kier molecular flexibility index (Phi) is 6.99. The van der Waals surface area contributed by atoms with Gasteiger partial charge in [-0.2, -0.15) is 0 Å². The quantitative estimate of drug-likeness (QED) is 0.818. The highest BCUT2D eigenvalue weighted by atomic mass is 16.6. The molecule has 0 saturated carbocycles. The smallest absolute Gasteiger partial charge is 0.410 e. The molecule has 7 heteroatoms. The fourth-order valence-electron chi connectivity index (χ4n) is 2.66. The lowest BCUT2D eigenvalue weighted by Crippen LogP contribution is -2.33. The standard InChI is InChI=1S/C14H18N2O3.C5H11NO/c1-14(2,3)19-13(18)16-7-10-4-5-12(15-9-17)6-11(10)8-16;1-6-2-4-7-5-3-6/h4-6,9H,7-8H2,1-3H3,(H,15,17);2-5H2,1H3. The van der Waals surface area contributed by atoms with Crippen molar-refractivity contribution in [1.82, 2.24) is 9.80 Å². The lowest BCUT2D eigenvalue weighted by Gasteiger charge is -2.24. The maximum absolute atomic E-state index is 12.0. The molecule has 144 valence electrons. The number of amides is 2. The molecule has 0 aliphatic carbocycles. The van der Waals surface area contributed by atoms with Gasteiger partial charge in [-0.3, -0.25) is 9.69 Å². The number of carbonyl (C=O) groups is 2. The predicted octanol–water partition coefficient (Wildman–Crippen LogP) is 2.45. The summed E-state index contributed by atoms with van der Waals surface area (Å²) in [5.74, 6) is 0. The Labute approximate surface area is 155 Å². The molecule has 0 atom stereocenters. The second-order valence-electron chi connectivity index (χ2n) is 7.50. The van der Waals surface area contributed by atoms with Crippen molar-refractivity contribution in [3.8, 4) is 0 Å². The van der Waals surface area contributed by atoms with E-state index >= 15 is 0 Å². The number of anilines is 1. The summed E-state index contributed by atoms with van der Waals surface area (Å²) in [6.07, 6.45) is 0.330. The molecule has 2 aliphatic rings. The number of fused-ring (bicyclic) bond motifs is 1. The fourth-order valence-corrected chi connectivity index (χ4v) is 2.66. The normalized spacial score (nSPS) is 17.0. The Morgan fingerprint density at radius 3 is 2.38 bits per heavy atom. The fraction of sp³-hybridized carbons (Fsp3) is 0.579. The number of nitrogens with zero attached hydrogens (tertiary/aromatic N) is 2. The molecule has 0 unspecified atom stereocenters. The minimum atomic E-state index is -0.490. The number of benzene rings is 1. The van der Waals surface area contributed by atoms with Gasteiger partial charge >= 0.3 is 6.09 Å². The lowest BCUT2D eigenvalue weighted by molar-refractivity contribution is -0.105. The number of rotatable bonds is 2. The van der Waals surface area contributed by atoms with Crippen LogP contribution in [0.2, 0.25) is 0 Å². The van der Waals surface area contributed by atoms with Gasteiger partial charge in [-0.25, -0.2) is 4.79 Å². The van der Waals surface area contributed by atoms with E-state index in [0.717, 1.165) is 43.1 Å². The molecule has 1 aromatic carbocycles. The SMILES string of the molecule is CC(C)(C)OC(=O)N1Cc2ccc(NC=O)cc2C1.CN1CCOCC1. The molecule has 2 aliphatic heterocycles. The molecule has 2 amide bonds. The Morgan fingerprint density at radius 1 is 1.19 bits per heavy atom. The molecule has 3 rings (SSSR count). The van der Waals surface area contributed by atoms with Gasteiger partial charge in [-0.05, 0) is 51.1 Å². The van der Waals surface area contributed by atoms with E-state index in [1.807, 2.05) is 39.0 Å². The van der Waals surface area contributed by atoms with Crippen LogP contribution in [0.4, 0.5) is 10.5 Å². The topological polar surface area (TPSA) is 71.1 Å². The molecular weight excluding hydrogens is 334 g/mol. The molecule has 7 nitrogen and oxygen atoms in total. The first-order valence-corrected chi connectivity index (χ1v) is 8.84. The van der Waals surface area contributed by atoms with Crippen molar-refractivity contribution in [2.24, 2.45) is 0 Å². The summed E-state index contributed by atoms with van der Waals surface area (Å²) in [6, 6.07) is 5.63. The van der Waals surface area contributed by atoms with Crippen molar-refractivity contribution < 1.29 is 19.1 Å². The maximum atomic E-state index is 12.0. The van der Waals surface area contributed by atoms with E-state index in [1.54, 1.807) is 4.90 Å². The summed E-state index contributed by atoms with van der Waals surface area (Å²) in [4.78, 5) is 26.3. The van der Waals surface area contributed by atoms with Crippen LogP contribution in [-0.2, 0) is 27.4 Å². The third kappa shape index (κ3) is 6.31. The van der Waals surface area contributed by atoms with Crippen LogP contribution in [0.15, 0.2) is 18.2 Å². The third-order valence-corrected chi connectivity index (χ3v) is 4.04. The number of hydrogen-bond donors (Lipinski definition) is 1. The van der Waals surface area contributed by atoms with Gasteiger partial charge in [0.15, 0.2) is 0 Å². The summed E-state index contributed by atoms with van der Waals surface area (Å²) >= 11 is 0. The summed E-state index contributed by atoms with van der Waals surface area (Å²) in [6.45, 7) is 10.6. The van der Waals surface area contributed by atoms with Crippen LogP contribution in [0, 0.1) is 0 Å². The maximum Gasteiger partial charge on any atom is 0.410 e. The average Bonchev–Trinajstić information content (AvgIpc) is 2.98. The van der Waals surface area contributed by atoms with Crippen LogP contribution in [-0.4, -0.2) is 61.3 Å². The van der Waals surface area contributed by atoms with Crippen molar-refractivity contribution in [3.63, 3.8) is 0 Å². The van der Waals surface area contributed by atoms with Gasteiger partial charge in [0, 0.05) is 31.9 Å². The van der Waals surface area contributed by atoms with Crippen LogP contribution < -0.4 is 5.32 Å². The number of hydrogen-bond acceptors (Lipinski definition) is 5. The molecule has 0 spiro atoms. The van der Waals surface area contributed by atoms with E-state index in [2.05, 4.69) is 17.3 Å². The van der Waals surface area contributed by atoms with Crippen LogP contribution in [0.5, 0.6) is 0 Å². The van der Waals surface area contributed by atoms with E-state index in [-0.39, 0.29) is 6.09 Å². The van der Waals surface area contributed by atoms with Gasteiger partial charge in [-0.1, -0.05) is 6.07 Å². The van der Waals surface area contributed by atoms with E-state index in [1.165, 1.54) is 0 Å². The zero-order chi connectivity index (χ0) is 19.2. The molecule has 0 aromatic heterocycles. The number of nitrogens with one attached hydrogen (secondary N) is 1. The number of ether oxygens (including phenoxy) is 2. The van der Waals surface area contributed by atoms with Crippen molar-refractivity contribution in [2.75, 3.05) is 38.7 Å². The second kappa shape index (κ2) is 9.00. The Hall–Kier alpha value is -2.12. The Morgan fingerprint density at radius 2 is 1.85 bits per heavy atom. The van der Waals surface area contributed by atoms with E-state index < -0.39 is 5.60 Å². The van der Waals surface area contributed by atoms with Gasteiger partial charge in [0.05, 0.1) is 13.2 Å². The van der Waals surface area contributed by atoms with Crippen LogP contribution in [0.3, 0.4) is 0 Å². The van der Waals surface area contributed by atoms with Gasteiger partial charge in [0.25, 0.3) is 0 Å². The minimum absolute atomic E-state index is 0.311. The zero-order valence-corrected chi connectivity index (χ0v) is 16.1. The zero-order valence-electron chi connectivity index (χ0n) is 16.1. The molecule has 1 saturated heterocycles. The Bertz CT molecular complexity index is 622. The first-order chi connectivity index (χ1) is 12.3. The molecule has 1 aromatic rings. The highest BCUT2D eigenvalue weighted by Gasteiger charge is 2.27. The largest absolute Gasteiger partial charge is 0.444 e. The van der Waals surface area contributed by atoms with Gasteiger partial charge < -0.3 is 19.7 Å². The lowest BCUT2D eigenvalue weighted by atomic mass is 10.1. The van der Waals surface area contributed by atoms with Gasteiger partial charge in [-0.15, -0.1) is 0 Å². The Balaban J connectivity index is 0.000000290. The molecular formula is C19H29N3O4. The van der Waals surface area contributed by atoms with Crippen molar-refractivity contribution >= 4 is 18.2 Å². The van der Waals surface area contributed by atoms with Crippen molar-refractivity contribution in [1.29, 1.82) is 0 Å². The van der Waals surface area contributed by atoms with Crippen LogP contribution in [0.1, 0.15) is 31.9 Å². The number of carbonyl (C=O) groups excluding carboxylic acids is 2. The number of likely N-dealkylation sites (N-methyl/N-ethyl adjacent to an activating group) is 1. The van der Waals surface area contributed by atoms with Crippen molar-refractivity contribution in [2.45, 2.75) is 39.5 Å². The highest BCUT2D eigenvalue weighted by molar-refractivity contribution is 5.73. The summed E-state index contributed by atoms with van der Waals surface area (Å²) < 4.78 is 10.4. The molecule has 2 heterocycles. The van der Waals surface area contributed by atoms with E-state index in [9.17, 15) is 9.59 Å². The first-order valence-electron chi connectivity index (χ1n) is 8.84. The number of morpholine rings is 1. The summed E-state index contributed by atoms with van der Waals surface area (Å²) in [5, 5.41) is 2.60. The third-order valence-electron chi connectivity index (χ3n) is 4.04. The second-order valence-corrected chi connectivity index (χ2v) is 7.50. The molecule has 1 N–H and O–H groups in total. The highest BCUT2D eigenvalue weighted by Crippen LogP contribution is 2.26. The summed E-state index contributed by atoms with van der Waals surface area (Å²) in [5.41, 5.74) is 2.37. The molecule has 1 fully saturated rings. The van der Waals surface area contributed by atoms with Gasteiger partial charge in [0.2, 0.25) is 6.41 Å². The van der Waals surface area contributed by atoms with E-state index in [4.69, 9.17) is 9.47 Å². The van der Waals surface area contributed by atoms with Crippen LogP contribution in [0.25, 0.3) is 0 Å². The minimum Gasteiger partial charge on any atom is -0.444 e. The molecule has 0 bridgehead atoms.